The van der Waals surface area contributed by atoms with Crippen LogP contribution in [-0.2, 0) is 11.3 Å². The van der Waals surface area contributed by atoms with E-state index < -0.39 is 0 Å². The zero-order chi connectivity index (χ0) is 22.1. The lowest BCUT2D eigenvalue weighted by molar-refractivity contribution is -0.124. The minimum atomic E-state index is 0.230. The number of hydrogen-bond donors (Lipinski definition) is 2. The molecule has 1 heterocycles. The smallest absolute Gasteiger partial charge is 0.138 e. The molecule has 1 fully saturated rings. The van der Waals surface area contributed by atoms with E-state index in [1.807, 2.05) is 36.4 Å². The van der Waals surface area contributed by atoms with E-state index in [-0.39, 0.29) is 5.92 Å². The van der Waals surface area contributed by atoms with Gasteiger partial charge in [-0.15, -0.1) is 0 Å². The normalized spacial score (nSPS) is 13.9. The molecule has 0 aromatic heterocycles. The maximum absolute atomic E-state index is 12.0. The van der Waals surface area contributed by atoms with E-state index in [4.69, 9.17) is 16.3 Å². The third-order valence-corrected chi connectivity index (χ3v) is 6.04. The molecule has 2 aromatic carbocycles. The van der Waals surface area contributed by atoms with Gasteiger partial charge in [0.2, 0.25) is 0 Å². The number of benzene rings is 2. The SMILES string of the molecule is C=CCOc1cc(/C=C/c2ccc(Cl)cc2Br)cc(CNCCCC(=O)C2CNC2)c1. The van der Waals surface area contributed by atoms with Gasteiger partial charge in [0.15, 0.2) is 0 Å². The number of hydrogen-bond acceptors (Lipinski definition) is 4. The number of nitrogens with one attached hydrogen (secondary N) is 2. The van der Waals surface area contributed by atoms with Gasteiger partial charge in [-0.2, -0.15) is 0 Å². The van der Waals surface area contributed by atoms with Crippen molar-refractivity contribution in [3.05, 3.63) is 75.2 Å². The summed E-state index contributed by atoms with van der Waals surface area (Å²) >= 11 is 9.58. The summed E-state index contributed by atoms with van der Waals surface area (Å²) in [5, 5.41) is 7.29. The van der Waals surface area contributed by atoms with Crippen LogP contribution in [0.3, 0.4) is 0 Å². The molecule has 3 rings (SSSR count). The Balaban J connectivity index is 1.60. The Bertz CT molecular complexity index is 941. The summed E-state index contributed by atoms with van der Waals surface area (Å²) in [5.41, 5.74) is 3.23. The van der Waals surface area contributed by atoms with Crippen LogP contribution < -0.4 is 15.4 Å². The molecule has 31 heavy (non-hydrogen) atoms. The van der Waals surface area contributed by atoms with Crippen molar-refractivity contribution < 1.29 is 9.53 Å². The van der Waals surface area contributed by atoms with E-state index in [0.29, 0.717) is 23.8 Å². The molecule has 1 saturated heterocycles. The van der Waals surface area contributed by atoms with Gasteiger partial charge in [-0.25, -0.2) is 0 Å². The molecular weight excluding hydrogens is 476 g/mol. The lowest BCUT2D eigenvalue weighted by Crippen LogP contribution is -2.46. The number of carbonyl (C=O) groups excluding carboxylic acids is 1. The molecule has 4 nitrogen and oxygen atoms in total. The van der Waals surface area contributed by atoms with Crippen molar-refractivity contribution in [1.29, 1.82) is 0 Å². The first-order chi connectivity index (χ1) is 15.0. The Hall–Kier alpha value is -1.92. The van der Waals surface area contributed by atoms with Crippen molar-refractivity contribution in [2.24, 2.45) is 5.92 Å². The Morgan fingerprint density at radius 1 is 1.26 bits per heavy atom. The van der Waals surface area contributed by atoms with Crippen LogP contribution in [0.15, 0.2) is 53.5 Å². The second-order valence-corrected chi connectivity index (χ2v) is 8.90. The molecule has 1 aliphatic rings. The van der Waals surface area contributed by atoms with Crippen LogP contribution in [0.5, 0.6) is 5.75 Å². The van der Waals surface area contributed by atoms with Crippen LogP contribution in [0.1, 0.15) is 29.5 Å². The maximum atomic E-state index is 12.0. The van der Waals surface area contributed by atoms with Gasteiger partial charge in [0.25, 0.3) is 0 Å². The van der Waals surface area contributed by atoms with Crippen molar-refractivity contribution in [2.45, 2.75) is 19.4 Å². The predicted octanol–water partition coefficient (Wildman–Crippen LogP) is 5.50. The summed E-state index contributed by atoms with van der Waals surface area (Å²) < 4.78 is 6.72. The number of ether oxygens (including phenoxy) is 1. The van der Waals surface area contributed by atoms with E-state index in [1.54, 1.807) is 6.08 Å². The molecule has 0 unspecified atom stereocenters. The number of Topliss-reactive ketones (excluding diaryl/α,β-unsaturated/α-hetero) is 1. The maximum Gasteiger partial charge on any atom is 0.138 e. The van der Waals surface area contributed by atoms with Crippen molar-refractivity contribution in [1.82, 2.24) is 10.6 Å². The summed E-state index contributed by atoms with van der Waals surface area (Å²) in [6.45, 7) is 7.39. The van der Waals surface area contributed by atoms with Gasteiger partial charge in [0.1, 0.15) is 18.1 Å². The van der Waals surface area contributed by atoms with Crippen LogP contribution in [0, 0.1) is 5.92 Å². The van der Waals surface area contributed by atoms with Gasteiger partial charge < -0.3 is 15.4 Å². The lowest BCUT2D eigenvalue weighted by Gasteiger charge is -2.25. The van der Waals surface area contributed by atoms with Gasteiger partial charge in [-0.1, -0.05) is 64.5 Å². The quantitative estimate of drug-likeness (QED) is 0.228. The van der Waals surface area contributed by atoms with Crippen molar-refractivity contribution in [2.75, 3.05) is 26.2 Å². The average molecular weight is 504 g/mol. The number of carbonyl (C=O) groups is 1. The van der Waals surface area contributed by atoms with E-state index in [2.05, 4.69) is 45.3 Å². The molecule has 6 heteroatoms. The standard InChI is InChI=1S/C25H28BrClN2O2/c1-2-10-31-23-12-18(5-6-20-7-8-22(27)14-24(20)26)11-19(13-23)15-28-9-3-4-25(30)21-16-29-17-21/h2,5-8,11-14,21,28-29H,1,3-4,9-10,15-17H2/b6-5+. The van der Waals surface area contributed by atoms with Gasteiger partial charge >= 0.3 is 0 Å². The first-order valence-corrected chi connectivity index (χ1v) is 11.7. The van der Waals surface area contributed by atoms with Gasteiger partial charge in [-0.05, 0) is 53.9 Å². The van der Waals surface area contributed by atoms with Crippen LogP contribution >= 0.6 is 27.5 Å². The van der Waals surface area contributed by atoms with Gasteiger partial charge in [-0.3, -0.25) is 4.79 Å². The van der Waals surface area contributed by atoms with Crippen LogP contribution in [0.2, 0.25) is 5.02 Å². The topological polar surface area (TPSA) is 50.4 Å². The van der Waals surface area contributed by atoms with Crippen molar-refractivity contribution in [3.63, 3.8) is 0 Å². The number of halogens is 2. The third-order valence-electron chi connectivity index (χ3n) is 5.12. The Morgan fingerprint density at radius 3 is 2.81 bits per heavy atom. The first-order valence-electron chi connectivity index (χ1n) is 10.5. The second-order valence-electron chi connectivity index (χ2n) is 7.61. The highest BCUT2D eigenvalue weighted by atomic mass is 79.9. The fourth-order valence-corrected chi connectivity index (χ4v) is 4.10. The van der Waals surface area contributed by atoms with E-state index in [1.165, 1.54) is 0 Å². The molecule has 0 radical (unpaired) electrons. The van der Waals surface area contributed by atoms with Crippen LogP contribution in [-0.4, -0.2) is 32.0 Å². The highest BCUT2D eigenvalue weighted by Gasteiger charge is 2.23. The van der Waals surface area contributed by atoms with Gasteiger partial charge in [0, 0.05) is 41.5 Å². The molecule has 0 spiro atoms. The van der Waals surface area contributed by atoms with Crippen molar-refractivity contribution >= 4 is 45.5 Å². The van der Waals surface area contributed by atoms with Crippen LogP contribution in [0.25, 0.3) is 12.2 Å². The van der Waals surface area contributed by atoms with E-state index >= 15 is 0 Å². The summed E-state index contributed by atoms with van der Waals surface area (Å²) in [5.74, 6) is 1.41. The first kappa shape index (κ1) is 23.7. The summed E-state index contributed by atoms with van der Waals surface area (Å²) in [6.07, 6.45) is 7.35. The molecule has 0 saturated carbocycles. The summed E-state index contributed by atoms with van der Waals surface area (Å²) in [7, 11) is 0. The summed E-state index contributed by atoms with van der Waals surface area (Å²) in [6, 6.07) is 11.9. The highest BCUT2D eigenvalue weighted by molar-refractivity contribution is 9.10. The predicted molar refractivity (Wildman–Crippen MR) is 133 cm³/mol. The van der Waals surface area contributed by atoms with Crippen molar-refractivity contribution in [3.8, 4) is 5.75 Å². The molecule has 2 aromatic rings. The fraction of sp³-hybridized carbons (Fsp3) is 0.320. The monoisotopic (exact) mass is 502 g/mol. The Labute approximate surface area is 197 Å². The molecule has 164 valence electrons. The highest BCUT2D eigenvalue weighted by Crippen LogP contribution is 2.25. The minimum absolute atomic E-state index is 0.230. The largest absolute Gasteiger partial charge is 0.490 e. The molecular formula is C25H28BrClN2O2. The van der Waals surface area contributed by atoms with Gasteiger partial charge in [0.05, 0.1) is 0 Å². The van der Waals surface area contributed by atoms with E-state index in [0.717, 1.165) is 59.5 Å². The number of rotatable bonds is 12. The molecule has 0 bridgehead atoms. The Morgan fingerprint density at radius 2 is 2.10 bits per heavy atom. The molecule has 0 aliphatic carbocycles. The zero-order valence-electron chi connectivity index (χ0n) is 17.5. The molecule has 1 aliphatic heterocycles. The van der Waals surface area contributed by atoms with E-state index in [9.17, 15) is 4.79 Å². The lowest BCUT2D eigenvalue weighted by atomic mass is 9.95. The summed E-state index contributed by atoms with van der Waals surface area (Å²) in [4.78, 5) is 12.0. The molecule has 2 N–H and O–H groups in total. The van der Waals surface area contributed by atoms with Crippen LogP contribution in [0.4, 0.5) is 0 Å². The average Bonchev–Trinajstić information content (AvgIpc) is 2.70. The third kappa shape index (κ3) is 7.62. The molecule has 0 atom stereocenters. The zero-order valence-corrected chi connectivity index (χ0v) is 19.8. The second kappa shape index (κ2) is 12.2. The molecule has 0 amide bonds. The number of ketones is 1. The fourth-order valence-electron chi connectivity index (χ4n) is 3.29. The minimum Gasteiger partial charge on any atom is -0.490 e. The Kier molecular flexibility index (Phi) is 9.34.